The van der Waals surface area contributed by atoms with Crippen LogP contribution in [0.1, 0.15) is 39.0 Å². The van der Waals surface area contributed by atoms with Crippen molar-refractivity contribution < 1.29 is 28.9 Å². The van der Waals surface area contributed by atoms with Crippen LogP contribution in [0.5, 0.6) is 5.75 Å². The number of halogens is 2. The summed E-state index contributed by atoms with van der Waals surface area (Å²) in [5, 5.41) is 25.3. The van der Waals surface area contributed by atoms with Gasteiger partial charge in [0.15, 0.2) is 6.61 Å². The molecule has 3 saturated carbocycles. The van der Waals surface area contributed by atoms with Crippen LogP contribution < -0.4 is 15.4 Å². The molecule has 27 heavy (non-hydrogen) atoms. The van der Waals surface area contributed by atoms with Crippen molar-refractivity contribution >= 4 is 23.6 Å². The number of hydrogen-bond donors (Lipinski definition) is 4. The van der Waals surface area contributed by atoms with Crippen LogP contribution in [0.25, 0.3) is 0 Å². The average molecular weight is 401 g/mol. The number of carboxylic acid groups (broad SMARTS) is 1. The van der Waals surface area contributed by atoms with Crippen molar-refractivity contribution in [1.29, 1.82) is 0 Å². The number of carbonyl (C=O) groups is 2. The van der Waals surface area contributed by atoms with Gasteiger partial charge in [0.25, 0.3) is 5.91 Å². The Labute approximate surface area is 160 Å². The van der Waals surface area contributed by atoms with Crippen molar-refractivity contribution in [2.45, 2.75) is 55.7 Å². The molecule has 0 aromatic heterocycles. The molecule has 0 spiro atoms. The Kier molecular flexibility index (Phi) is 4.98. The van der Waals surface area contributed by atoms with Gasteiger partial charge in [-0.25, -0.2) is 9.18 Å². The first-order valence-corrected chi connectivity index (χ1v) is 9.07. The SMILES string of the molecule is C[C@]1(O)CC2(NC(=O)COc3ccc(Cl)c(F)c3)CCC1(NC(=O)O)CC2. The summed E-state index contributed by atoms with van der Waals surface area (Å²) in [6.45, 7) is 1.29. The van der Waals surface area contributed by atoms with E-state index in [1.807, 2.05) is 0 Å². The Bertz CT molecular complexity index is 762. The molecule has 0 unspecified atom stereocenters. The lowest BCUT2D eigenvalue weighted by Gasteiger charge is -2.60. The lowest BCUT2D eigenvalue weighted by Crippen LogP contribution is -2.75. The fourth-order valence-electron chi connectivity index (χ4n) is 4.38. The van der Waals surface area contributed by atoms with Crippen molar-refractivity contribution in [3.63, 3.8) is 0 Å². The number of benzene rings is 1. The predicted octanol–water partition coefficient (Wildman–Crippen LogP) is 2.45. The largest absolute Gasteiger partial charge is 0.484 e. The van der Waals surface area contributed by atoms with E-state index < -0.39 is 28.6 Å². The lowest BCUT2D eigenvalue weighted by molar-refractivity contribution is -0.143. The van der Waals surface area contributed by atoms with Gasteiger partial charge in [-0.1, -0.05) is 11.6 Å². The lowest BCUT2D eigenvalue weighted by atomic mass is 9.54. The quantitative estimate of drug-likeness (QED) is 0.607. The number of nitrogens with one attached hydrogen (secondary N) is 2. The van der Waals surface area contributed by atoms with E-state index >= 15 is 0 Å². The standard InChI is InChI=1S/C18H22ClFN2O5/c1-16(26)10-17(4-6-18(16,7-5-17)22-15(24)25)21-14(23)9-27-11-2-3-12(19)13(20)8-11/h2-3,8,22,26H,4-7,9-10H2,1H3,(H,21,23)(H,24,25)/t16-,17?,18?/m0/s1. The summed E-state index contributed by atoms with van der Waals surface area (Å²) in [5.41, 5.74) is -2.80. The maximum Gasteiger partial charge on any atom is 0.405 e. The number of aliphatic hydroxyl groups is 1. The number of carbonyl (C=O) groups excluding carboxylic acids is 1. The molecule has 7 nitrogen and oxygen atoms in total. The van der Waals surface area contributed by atoms with Crippen molar-refractivity contribution in [3.05, 3.63) is 29.0 Å². The monoisotopic (exact) mass is 400 g/mol. The Morgan fingerprint density at radius 2 is 1.93 bits per heavy atom. The molecule has 0 heterocycles. The summed E-state index contributed by atoms with van der Waals surface area (Å²) in [7, 11) is 0. The van der Waals surface area contributed by atoms with E-state index in [2.05, 4.69) is 10.6 Å². The van der Waals surface area contributed by atoms with Crippen LogP contribution in [0, 0.1) is 5.82 Å². The second-order valence-electron chi connectivity index (χ2n) is 7.66. The van der Waals surface area contributed by atoms with Crippen LogP contribution >= 0.6 is 11.6 Å². The molecule has 1 aromatic carbocycles. The number of amides is 2. The molecule has 3 aliphatic carbocycles. The predicted molar refractivity (Wildman–Crippen MR) is 95.4 cm³/mol. The number of rotatable bonds is 5. The van der Waals surface area contributed by atoms with E-state index in [4.69, 9.17) is 21.4 Å². The first kappa shape index (κ1) is 19.7. The van der Waals surface area contributed by atoms with Crippen LogP contribution in [0.4, 0.5) is 9.18 Å². The topological polar surface area (TPSA) is 108 Å². The Morgan fingerprint density at radius 3 is 2.48 bits per heavy atom. The highest BCUT2D eigenvalue weighted by Gasteiger charge is 2.61. The van der Waals surface area contributed by atoms with E-state index in [0.717, 1.165) is 6.07 Å². The van der Waals surface area contributed by atoms with E-state index in [-0.39, 0.29) is 29.7 Å². The molecule has 1 atom stereocenters. The third-order valence-corrected chi connectivity index (χ3v) is 6.09. The highest BCUT2D eigenvalue weighted by Crippen LogP contribution is 2.52. The van der Waals surface area contributed by atoms with Gasteiger partial charge in [0.05, 0.1) is 16.2 Å². The molecule has 3 aliphatic rings. The van der Waals surface area contributed by atoms with Gasteiger partial charge in [0.2, 0.25) is 0 Å². The van der Waals surface area contributed by atoms with E-state index in [1.54, 1.807) is 6.92 Å². The maximum absolute atomic E-state index is 13.4. The average Bonchev–Trinajstić information content (AvgIpc) is 2.56. The van der Waals surface area contributed by atoms with Crippen LogP contribution in [-0.4, -0.2) is 45.5 Å². The van der Waals surface area contributed by atoms with Gasteiger partial charge >= 0.3 is 6.09 Å². The molecule has 0 aliphatic heterocycles. The highest BCUT2D eigenvalue weighted by molar-refractivity contribution is 6.30. The van der Waals surface area contributed by atoms with Crippen molar-refractivity contribution in [1.82, 2.24) is 10.6 Å². The molecule has 0 saturated heterocycles. The molecule has 148 valence electrons. The fourth-order valence-corrected chi connectivity index (χ4v) is 4.50. The third kappa shape index (κ3) is 3.82. The van der Waals surface area contributed by atoms with Crippen molar-refractivity contribution in [2.75, 3.05) is 6.61 Å². The Hall–Kier alpha value is -2.06. The molecule has 4 N–H and O–H groups in total. The van der Waals surface area contributed by atoms with Gasteiger partial charge in [-0.2, -0.15) is 0 Å². The van der Waals surface area contributed by atoms with Crippen LogP contribution in [0.3, 0.4) is 0 Å². The number of ether oxygens (including phenoxy) is 1. The van der Waals surface area contributed by atoms with E-state index in [1.165, 1.54) is 12.1 Å². The zero-order valence-electron chi connectivity index (χ0n) is 14.8. The molecule has 1 aromatic rings. The zero-order chi connectivity index (χ0) is 19.9. The van der Waals surface area contributed by atoms with E-state index in [0.29, 0.717) is 25.7 Å². The molecular formula is C18H22ClFN2O5. The number of fused-ring (bicyclic) bond motifs is 3. The maximum atomic E-state index is 13.4. The molecule has 0 radical (unpaired) electrons. The summed E-state index contributed by atoms with van der Waals surface area (Å²) < 4.78 is 18.7. The van der Waals surface area contributed by atoms with Crippen molar-refractivity contribution in [2.24, 2.45) is 0 Å². The minimum Gasteiger partial charge on any atom is -0.484 e. The first-order chi connectivity index (χ1) is 12.6. The molecular weight excluding hydrogens is 379 g/mol. The molecule has 9 heteroatoms. The van der Waals surface area contributed by atoms with Gasteiger partial charge in [0, 0.05) is 18.0 Å². The molecule has 2 amide bonds. The van der Waals surface area contributed by atoms with E-state index in [9.17, 15) is 19.1 Å². The third-order valence-electron chi connectivity index (χ3n) is 5.79. The number of hydrogen-bond acceptors (Lipinski definition) is 4. The molecule has 4 rings (SSSR count). The second kappa shape index (κ2) is 6.83. The molecule has 3 fully saturated rings. The van der Waals surface area contributed by atoms with Gasteiger partial charge < -0.3 is 25.6 Å². The summed E-state index contributed by atoms with van der Waals surface area (Å²) in [5.74, 6) is -0.832. The Morgan fingerprint density at radius 1 is 1.26 bits per heavy atom. The van der Waals surface area contributed by atoms with Gasteiger partial charge in [-0.3, -0.25) is 4.79 Å². The van der Waals surface area contributed by atoms with Gasteiger partial charge in [0.1, 0.15) is 11.6 Å². The first-order valence-electron chi connectivity index (χ1n) is 8.69. The van der Waals surface area contributed by atoms with Gasteiger partial charge in [-0.15, -0.1) is 0 Å². The van der Waals surface area contributed by atoms with Crippen molar-refractivity contribution in [3.8, 4) is 5.75 Å². The normalized spacial score (nSPS) is 32.0. The summed E-state index contributed by atoms with van der Waals surface area (Å²) >= 11 is 5.61. The minimum absolute atomic E-state index is 0.0317. The van der Waals surface area contributed by atoms with Gasteiger partial charge in [-0.05, 0) is 44.7 Å². The molecule has 2 bridgehead atoms. The summed E-state index contributed by atoms with van der Waals surface area (Å²) in [4.78, 5) is 23.5. The zero-order valence-corrected chi connectivity index (χ0v) is 15.6. The fraction of sp³-hybridized carbons (Fsp3) is 0.556. The smallest absolute Gasteiger partial charge is 0.405 e. The van der Waals surface area contributed by atoms with Crippen LogP contribution in [-0.2, 0) is 4.79 Å². The Balaban J connectivity index is 1.62. The summed E-state index contributed by atoms with van der Waals surface area (Å²) in [6.07, 6.45) is 1.01. The minimum atomic E-state index is -1.28. The highest BCUT2D eigenvalue weighted by atomic mass is 35.5. The summed E-state index contributed by atoms with van der Waals surface area (Å²) in [6, 6.07) is 3.91. The van der Waals surface area contributed by atoms with Crippen LogP contribution in [0.2, 0.25) is 5.02 Å². The van der Waals surface area contributed by atoms with Crippen LogP contribution in [0.15, 0.2) is 18.2 Å². The second-order valence-corrected chi connectivity index (χ2v) is 8.06.